The smallest absolute Gasteiger partial charge is 0.341 e. The number of halogens is 1. The zero-order chi connectivity index (χ0) is 23.5. The van der Waals surface area contributed by atoms with Crippen molar-refractivity contribution in [3.63, 3.8) is 0 Å². The number of esters is 1. The van der Waals surface area contributed by atoms with Gasteiger partial charge in [0.1, 0.15) is 16.3 Å². The quantitative estimate of drug-likeness (QED) is 0.469. The molecule has 3 rings (SSSR count). The van der Waals surface area contributed by atoms with Crippen molar-refractivity contribution in [2.45, 2.75) is 11.8 Å². The Morgan fingerprint density at radius 3 is 2.41 bits per heavy atom. The standard InChI is InChI=1S/C22H20ClNO6S2/c1-4-30-22(26)19-17(13-5-7-14(29-2)8-6-13)12-31-21(19)24-20(25)16-11-15(32(3,27)28)9-10-18(16)23/h5-12H,4H2,1-3H3,(H,24,25). The Balaban J connectivity index is 2.02. The fraction of sp³-hybridized carbons (Fsp3) is 0.182. The summed E-state index contributed by atoms with van der Waals surface area (Å²) in [6.07, 6.45) is 1.04. The molecule has 32 heavy (non-hydrogen) atoms. The average Bonchev–Trinajstić information content (AvgIpc) is 3.17. The molecule has 0 saturated heterocycles. The molecule has 0 unspecified atom stereocenters. The monoisotopic (exact) mass is 493 g/mol. The first-order valence-electron chi connectivity index (χ1n) is 9.39. The number of hydrogen-bond acceptors (Lipinski definition) is 7. The zero-order valence-electron chi connectivity index (χ0n) is 17.5. The van der Waals surface area contributed by atoms with Crippen LogP contribution in [0.5, 0.6) is 5.75 Å². The first-order valence-corrected chi connectivity index (χ1v) is 12.5. The van der Waals surface area contributed by atoms with Gasteiger partial charge >= 0.3 is 5.97 Å². The van der Waals surface area contributed by atoms with Crippen molar-refractivity contribution in [3.8, 4) is 16.9 Å². The van der Waals surface area contributed by atoms with Crippen LogP contribution in [-0.4, -0.2) is 40.3 Å². The molecule has 0 atom stereocenters. The molecule has 168 valence electrons. The second-order valence-electron chi connectivity index (χ2n) is 6.67. The van der Waals surface area contributed by atoms with Gasteiger partial charge in [0.05, 0.1) is 29.2 Å². The Morgan fingerprint density at radius 1 is 1.12 bits per heavy atom. The van der Waals surface area contributed by atoms with Gasteiger partial charge in [-0.1, -0.05) is 23.7 Å². The van der Waals surface area contributed by atoms with E-state index in [1.165, 1.54) is 18.2 Å². The summed E-state index contributed by atoms with van der Waals surface area (Å²) in [7, 11) is -1.98. The van der Waals surface area contributed by atoms with Crippen LogP contribution in [-0.2, 0) is 14.6 Å². The van der Waals surface area contributed by atoms with Crippen molar-refractivity contribution in [3.05, 3.63) is 64.0 Å². The number of rotatable bonds is 7. The molecule has 0 spiro atoms. The highest BCUT2D eigenvalue weighted by Gasteiger charge is 2.24. The van der Waals surface area contributed by atoms with Gasteiger partial charge in [-0.3, -0.25) is 4.79 Å². The van der Waals surface area contributed by atoms with Crippen LogP contribution in [0.4, 0.5) is 5.00 Å². The van der Waals surface area contributed by atoms with Crippen molar-refractivity contribution in [1.29, 1.82) is 0 Å². The minimum absolute atomic E-state index is 0.0243. The third kappa shape index (κ3) is 5.12. The average molecular weight is 494 g/mol. The number of benzene rings is 2. The van der Waals surface area contributed by atoms with E-state index < -0.39 is 21.7 Å². The van der Waals surface area contributed by atoms with Crippen molar-refractivity contribution < 1.29 is 27.5 Å². The van der Waals surface area contributed by atoms with Crippen molar-refractivity contribution >= 4 is 49.7 Å². The lowest BCUT2D eigenvalue weighted by molar-refractivity contribution is 0.0529. The van der Waals surface area contributed by atoms with Crippen LogP contribution in [0.15, 0.2) is 52.7 Å². The molecular formula is C22H20ClNO6S2. The van der Waals surface area contributed by atoms with E-state index in [2.05, 4.69) is 5.32 Å². The first-order chi connectivity index (χ1) is 15.2. The number of carbonyl (C=O) groups is 2. The Kier molecular flexibility index (Phi) is 7.22. The Labute approximate surface area is 194 Å². The van der Waals surface area contributed by atoms with Gasteiger partial charge < -0.3 is 14.8 Å². The third-order valence-corrected chi connectivity index (χ3v) is 6.84. The molecule has 0 aliphatic rings. The minimum atomic E-state index is -3.54. The van der Waals surface area contributed by atoms with Crippen molar-refractivity contribution in [2.75, 3.05) is 25.3 Å². The number of carbonyl (C=O) groups excluding carboxylic acids is 2. The molecule has 7 nitrogen and oxygen atoms in total. The van der Waals surface area contributed by atoms with Gasteiger partial charge in [0.15, 0.2) is 9.84 Å². The Morgan fingerprint density at radius 2 is 1.81 bits per heavy atom. The zero-order valence-corrected chi connectivity index (χ0v) is 19.9. The largest absolute Gasteiger partial charge is 0.497 e. The summed E-state index contributed by atoms with van der Waals surface area (Å²) in [5.74, 6) is -0.573. The number of sulfone groups is 1. The topological polar surface area (TPSA) is 98.8 Å². The molecule has 1 aromatic heterocycles. The van der Waals surface area contributed by atoms with E-state index >= 15 is 0 Å². The molecule has 3 aromatic rings. The van der Waals surface area contributed by atoms with Gasteiger partial charge in [-0.05, 0) is 42.8 Å². The third-order valence-electron chi connectivity index (χ3n) is 4.51. The van der Waals surface area contributed by atoms with Crippen LogP contribution in [0.3, 0.4) is 0 Å². The predicted molar refractivity (Wildman–Crippen MR) is 125 cm³/mol. The summed E-state index contributed by atoms with van der Waals surface area (Å²) in [4.78, 5) is 25.6. The molecule has 0 fully saturated rings. The van der Waals surface area contributed by atoms with Gasteiger partial charge in [0.2, 0.25) is 0 Å². The van der Waals surface area contributed by atoms with E-state index in [-0.39, 0.29) is 32.7 Å². The molecule has 1 N–H and O–H groups in total. The summed E-state index contributed by atoms with van der Waals surface area (Å²) < 4.78 is 34.1. The van der Waals surface area contributed by atoms with Crippen LogP contribution in [0.2, 0.25) is 5.02 Å². The fourth-order valence-corrected chi connectivity index (χ4v) is 4.72. The number of nitrogens with one attached hydrogen (secondary N) is 1. The highest BCUT2D eigenvalue weighted by Crippen LogP contribution is 2.37. The van der Waals surface area contributed by atoms with E-state index in [1.54, 1.807) is 43.7 Å². The van der Waals surface area contributed by atoms with Gasteiger partial charge in [-0.15, -0.1) is 11.3 Å². The van der Waals surface area contributed by atoms with Crippen LogP contribution in [0, 0.1) is 0 Å². The molecule has 0 bridgehead atoms. The number of anilines is 1. The molecular weight excluding hydrogens is 474 g/mol. The highest BCUT2D eigenvalue weighted by molar-refractivity contribution is 7.90. The van der Waals surface area contributed by atoms with E-state index in [0.717, 1.165) is 23.2 Å². The summed E-state index contributed by atoms with van der Waals surface area (Å²) in [5, 5.41) is 4.75. The maximum absolute atomic E-state index is 12.9. The lowest BCUT2D eigenvalue weighted by Gasteiger charge is -2.10. The maximum Gasteiger partial charge on any atom is 0.341 e. The van der Waals surface area contributed by atoms with Crippen LogP contribution >= 0.6 is 22.9 Å². The molecule has 1 heterocycles. The molecule has 2 aromatic carbocycles. The molecule has 1 amide bonds. The van der Waals surface area contributed by atoms with E-state index in [1.807, 2.05) is 0 Å². The second kappa shape index (κ2) is 9.72. The van der Waals surface area contributed by atoms with Gasteiger partial charge in [0, 0.05) is 17.2 Å². The number of ether oxygens (including phenoxy) is 2. The Hall–Kier alpha value is -2.88. The predicted octanol–water partition coefficient (Wildman–Crippen LogP) is 4.91. The summed E-state index contributed by atoms with van der Waals surface area (Å²) in [6.45, 7) is 1.85. The van der Waals surface area contributed by atoms with E-state index in [9.17, 15) is 18.0 Å². The van der Waals surface area contributed by atoms with Crippen LogP contribution < -0.4 is 10.1 Å². The number of methoxy groups -OCH3 is 1. The van der Waals surface area contributed by atoms with Gasteiger partial charge in [-0.2, -0.15) is 0 Å². The number of amides is 1. The first kappa shape index (κ1) is 23.8. The molecule has 10 heteroatoms. The summed E-state index contributed by atoms with van der Waals surface area (Å²) >= 11 is 7.28. The van der Waals surface area contributed by atoms with Gasteiger partial charge in [0.25, 0.3) is 5.91 Å². The molecule has 0 aliphatic carbocycles. The van der Waals surface area contributed by atoms with E-state index in [4.69, 9.17) is 21.1 Å². The van der Waals surface area contributed by atoms with Crippen LogP contribution in [0.1, 0.15) is 27.6 Å². The van der Waals surface area contributed by atoms with Crippen molar-refractivity contribution in [2.24, 2.45) is 0 Å². The molecule has 0 aliphatic heterocycles. The summed E-state index contributed by atoms with van der Waals surface area (Å²) in [6, 6.07) is 11.0. The normalized spacial score (nSPS) is 11.1. The number of thiophene rings is 1. The maximum atomic E-state index is 12.9. The highest BCUT2D eigenvalue weighted by atomic mass is 35.5. The molecule has 0 radical (unpaired) electrons. The lowest BCUT2D eigenvalue weighted by atomic mass is 10.0. The summed E-state index contributed by atoms with van der Waals surface area (Å²) in [5.41, 5.74) is 1.50. The SMILES string of the molecule is CCOC(=O)c1c(-c2ccc(OC)cc2)csc1NC(=O)c1cc(S(C)(=O)=O)ccc1Cl. The van der Waals surface area contributed by atoms with E-state index in [0.29, 0.717) is 11.3 Å². The fourth-order valence-electron chi connectivity index (χ4n) is 2.92. The second-order valence-corrected chi connectivity index (χ2v) is 9.97. The number of hydrogen-bond donors (Lipinski definition) is 1. The van der Waals surface area contributed by atoms with Crippen molar-refractivity contribution in [1.82, 2.24) is 0 Å². The molecule has 0 saturated carbocycles. The Bertz CT molecular complexity index is 1270. The minimum Gasteiger partial charge on any atom is -0.497 e. The van der Waals surface area contributed by atoms with Crippen LogP contribution in [0.25, 0.3) is 11.1 Å². The van der Waals surface area contributed by atoms with Gasteiger partial charge in [-0.25, -0.2) is 13.2 Å². The lowest BCUT2D eigenvalue weighted by Crippen LogP contribution is -2.16.